The van der Waals surface area contributed by atoms with Crippen LogP contribution in [-0.2, 0) is 0 Å². The maximum absolute atomic E-state index is 6.16. The first-order valence-corrected chi connectivity index (χ1v) is 8.74. The normalized spacial score (nSPS) is 12.6. The number of halogens is 3. The Balaban J connectivity index is 2.20. The first-order valence-electron chi connectivity index (χ1n) is 6.65. The van der Waals surface area contributed by atoms with Crippen LogP contribution in [0.2, 0.25) is 5.02 Å². The third-order valence-corrected chi connectivity index (χ3v) is 5.61. The third-order valence-electron chi connectivity index (χ3n) is 3.69. The van der Waals surface area contributed by atoms with Crippen molar-refractivity contribution >= 4 is 54.2 Å². The Morgan fingerprint density at radius 2 is 1.62 bits per heavy atom. The lowest BCUT2D eigenvalue weighted by Gasteiger charge is -2.17. The predicted molar refractivity (Wildman–Crippen MR) is 98.6 cm³/mol. The zero-order valence-electron chi connectivity index (χ0n) is 11.4. The van der Waals surface area contributed by atoms with Gasteiger partial charge >= 0.3 is 0 Å². The second kappa shape index (κ2) is 6.12. The number of benzene rings is 3. The molecule has 3 aromatic carbocycles. The Kier molecular flexibility index (Phi) is 4.39. The summed E-state index contributed by atoms with van der Waals surface area (Å²) < 4.78 is 1.12. The summed E-state index contributed by atoms with van der Waals surface area (Å²) in [5.41, 5.74) is 3.68. The molecule has 21 heavy (non-hydrogen) atoms. The van der Waals surface area contributed by atoms with E-state index in [4.69, 9.17) is 11.6 Å². The minimum Gasteiger partial charge on any atom is -0.0843 e. The van der Waals surface area contributed by atoms with Gasteiger partial charge in [-0.1, -0.05) is 79.9 Å². The number of hydrogen-bond acceptors (Lipinski definition) is 0. The van der Waals surface area contributed by atoms with Crippen molar-refractivity contribution in [3.8, 4) is 0 Å². The van der Waals surface area contributed by atoms with E-state index in [-0.39, 0.29) is 4.83 Å². The first kappa shape index (κ1) is 15.1. The van der Waals surface area contributed by atoms with Gasteiger partial charge in [0.15, 0.2) is 0 Å². The van der Waals surface area contributed by atoms with Crippen molar-refractivity contribution in [1.82, 2.24) is 0 Å². The van der Waals surface area contributed by atoms with Gasteiger partial charge in [-0.3, -0.25) is 0 Å². The van der Waals surface area contributed by atoms with Crippen molar-refractivity contribution in [1.29, 1.82) is 0 Å². The summed E-state index contributed by atoms with van der Waals surface area (Å²) in [6.45, 7) is 2.11. The summed E-state index contributed by atoms with van der Waals surface area (Å²) in [5, 5.41) is 3.23. The second-order valence-electron chi connectivity index (χ2n) is 5.05. The average Bonchev–Trinajstić information content (AvgIpc) is 2.50. The van der Waals surface area contributed by atoms with E-state index >= 15 is 0 Å². The molecule has 1 atom stereocenters. The number of rotatable bonds is 2. The molecular weight excluding hydrogens is 411 g/mol. The van der Waals surface area contributed by atoms with Crippen LogP contribution >= 0.6 is 43.5 Å². The second-order valence-corrected chi connectivity index (χ2v) is 7.25. The number of hydrogen-bond donors (Lipinski definition) is 0. The van der Waals surface area contributed by atoms with Gasteiger partial charge in [0.2, 0.25) is 0 Å². The summed E-state index contributed by atoms with van der Waals surface area (Å²) >= 11 is 13.6. The lowest BCUT2D eigenvalue weighted by molar-refractivity contribution is 1.16. The topological polar surface area (TPSA) is 0 Å². The predicted octanol–water partition coefficient (Wildman–Crippen LogP) is 7.05. The molecule has 3 rings (SSSR count). The Hall–Kier alpha value is -0.830. The molecule has 0 saturated heterocycles. The fraction of sp³-hybridized carbons (Fsp3) is 0.111. The van der Waals surface area contributed by atoms with E-state index < -0.39 is 0 Å². The van der Waals surface area contributed by atoms with Gasteiger partial charge in [0.1, 0.15) is 0 Å². The molecule has 0 aromatic heterocycles. The van der Waals surface area contributed by atoms with Crippen LogP contribution in [0.4, 0.5) is 0 Å². The largest absolute Gasteiger partial charge is 0.0843 e. The Bertz CT molecular complexity index is 811. The Labute approximate surface area is 146 Å². The number of aryl methyl sites for hydroxylation is 1. The van der Waals surface area contributed by atoms with E-state index in [9.17, 15) is 0 Å². The molecule has 0 saturated carbocycles. The summed E-state index contributed by atoms with van der Waals surface area (Å²) in [6.07, 6.45) is 0. The fourth-order valence-corrected chi connectivity index (χ4v) is 4.11. The quantitative estimate of drug-likeness (QED) is 0.387. The monoisotopic (exact) mass is 422 g/mol. The van der Waals surface area contributed by atoms with Gasteiger partial charge in [-0.2, -0.15) is 0 Å². The molecule has 3 aromatic rings. The van der Waals surface area contributed by atoms with Gasteiger partial charge in [0.25, 0.3) is 0 Å². The zero-order chi connectivity index (χ0) is 15.0. The standard InChI is InChI=1S/C18H13Br2Cl/c1-11-6-7-12(21)10-16(11)18(20)15-8-9-17(19)14-5-3-2-4-13(14)15/h2-10,18H,1H3. The van der Waals surface area contributed by atoms with Crippen LogP contribution < -0.4 is 0 Å². The highest BCUT2D eigenvalue weighted by atomic mass is 79.9. The smallest absolute Gasteiger partial charge is 0.0653 e. The highest BCUT2D eigenvalue weighted by Crippen LogP contribution is 2.39. The molecule has 0 nitrogen and oxygen atoms in total. The van der Waals surface area contributed by atoms with Gasteiger partial charge in [0.05, 0.1) is 4.83 Å². The molecule has 0 bridgehead atoms. The molecule has 0 aliphatic carbocycles. The molecular formula is C18H13Br2Cl. The van der Waals surface area contributed by atoms with E-state index in [1.54, 1.807) is 0 Å². The van der Waals surface area contributed by atoms with Gasteiger partial charge in [-0.25, -0.2) is 0 Å². The lowest BCUT2D eigenvalue weighted by Crippen LogP contribution is -1.97. The molecule has 3 heteroatoms. The van der Waals surface area contributed by atoms with Crippen LogP contribution in [0, 0.1) is 6.92 Å². The maximum Gasteiger partial charge on any atom is 0.0653 e. The summed E-state index contributed by atoms with van der Waals surface area (Å²) in [4.78, 5) is 0.120. The van der Waals surface area contributed by atoms with Crippen LogP contribution in [-0.4, -0.2) is 0 Å². The summed E-state index contributed by atoms with van der Waals surface area (Å²) in [7, 11) is 0. The van der Waals surface area contributed by atoms with Crippen LogP contribution in [0.5, 0.6) is 0 Å². The van der Waals surface area contributed by atoms with Crippen LogP contribution in [0.1, 0.15) is 21.5 Å². The van der Waals surface area contributed by atoms with Gasteiger partial charge in [-0.05, 0) is 52.6 Å². The fourth-order valence-electron chi connectivity index (χ4n) is 2.56. The molecule has 0 N–H and O–H groups in total. The van der Waals surface area contributed by atoms with Crippen molar-refractivity contribution in [3.63, 3.8) is 0 Å². The first-order chi connectivity index (χ1) is 10.1. The highest BCUT2D eigenvalue weighted by Gasteiger charge is 2.16. The third kappa shape index (κ3) is 2.90. The molecule has 1 unspecified atom stereocenters. The van der Waals surface area contributed by atoms with Crippen LogP contribution in [0.25, 0.3) is 10.8 Å². The molecule has 0 amide bonds. The molecule has 0 aliphatic heterocycles. The highest BCUT2D eigenvalue weighted by molar-refractivity contribution is 9.10. The lowest BCUT2D eigenvalue weighted by atomic mass is 9.96. The molecule has 0 aliphatic rings. The molecule has 0 radical (unpaired) electrons. The van der Waals surface area contributed by atoms with Crippen molar-refractivity contribution < 1.29 is 0 Å². The Morgan fingerprint density at radius 3 is 2.38 bits per heavy atom. The number of fused-ring (bicyclic) bond motifs is 1. The Morgan fingerprint density at radius 1 is 0.905 bits per heavy atom. The molecule has 106 valence electrons. The van der Waals surface area contributed by atoms with Crippen LogP contribution in [0.3, 0.4) is 0 Å². The summed E-state index contributed by atoms with van der Waals surface area (Å²) in [5.74, 6) is 0. The zero-order valence-corrected chi connectivity index (χ0v) is 15.3. The van der Waals surface area contributed by atoms with Gasteiger partial charge < -0.3 is 0 Å². The van der Waals surface area contributed by atoms with E-state index in [0.717, 1.165) is 9.50 Å². The van der Waals surface area contributed by atoms with Crippen molar-refractivity contribution in [3.05, 3.63) is 80.8 Å². The minimum absolute atomic E-state index is 0.120. The van der Waals surface area contributed by atoms with Crippen molar-refractivity contribution in [2.24, 2.45) is 0 Å². The van der Waals surface area contributed by atoms with E-state index in [0.29, 0.717) is 0 Å². The van der Waals surface area contributed by atoms with Crippen molar-refractivity contribution in [2.75, 3.05) is 0 Å². The van der Waals surface area contributed by atoms with Gasteiger partial charge in [-0.15, -0.1) is 0 Å². The minimum atomic E-state index is 0.120. The van der Waals surface area contributed by atoms with E-state index in [1.165, 1.54) is 27.5 Å². The SMILES string of the molecule is Cc1ccc(Cl)cc1C(Br)c1ccc(Br)c2ccccc12. The maximum atomic E-state index is 6.16. The van der Waals surface area contributed by atoms with Gasteiger partial charge in [0, 0.05) is 9.50 Å². The summed E-state index contributed by atoms with van der Waals surface area (Å²) in [6, 6.07) is 18.7. The van der Waals surface area contributed by atoms with Crippen molar-refractivity contribution in [2.45, 2.75) is 11.8 Å². The van der Waals surface area contributed by atoms with Crippen LogP contribution in [0.15, 0.2) is 59.1 Å². The molecule has 0 fully saturated rings. The number of alkyl halides is 1. The molecule has 0 heterocycles. The van der Waals surface area contributed by atoms with E-state index in [2.05, 4.69) is 81.2 Å². The average molecular weight is 425 g/mol. The van der Waals surface area contributed by atoms with E-state index in [1.807, 2.05) is 12.1 Å². The molecule has 0 spiro atoms.